The van der Waals surface area contributed by atoms with E-state index in [9.17, 15) is 14.4 Å². The number of carboxylic acid groups (broad SMARTS) is 1. The van der Waals surface area contributed by atoms with Crippen LogP contribution in [0.5, 0.6) is 0 Å². The van der Waals surface area contributed by atoms with E-state index in [-0.39, 0.29) is 12.8 Å². The van der Waals surface area contributed by atoms with Crippen molar-refractivity contribution in [2.75, 3.05) is 11.5 Å². The first-order valence-electron chi connectivity index (χ1n) is 3.91. The molecule has 0 aromatic rings. The molecule has 0 aromatic carbocycles. The Morgan fingerprint density at radius 3 is 2.29 bits per heavy atom. The van der Waals surface area contributed by atoms with Crippen LogP contribution in [0, 0.1) is 0 Å². The van der Waals surface area contributed by atoms with Gasteiger partial charge in [0, 0.05) is 17.9 Å². The van der Waals surface area contributed by atoms with Crippen LogP contribution < -0.4 is 11.1 Å². The summed E-state index contributed by atoms with van der Waals surface area (Å²) >= 11 is 1.34. The number of thioether (sulfide) groups is 1. The summed E-state index contributed by atoms with van der Waals surface area (Å²) < 4.78 is 0. The second-order valence-corrected chi connectivity index (χ2v) is 3.64. The number of rotatable bonds is 6. The molecule has 0 aliphatic rings. The first kappa shape index (κ1) is 12.8. The van der Waals surface area contributed by atoms with Gasteiger partial charge in [0.2, 0.25) is 5.91 Å². The van der Waals surface area contributed by atoms with E-state index in [0.29, 0.717) is 11.5 Å². The van der Waals surface area contributed by atoms with E-state index in [2.05, 4.69) is 0 Å². The van der Waals surface area contributed by atoms with Crippen LogP contribution in [0.15, 0.2) is 0 Å². The lowest BCUT2D eigenvalue weighted by molar-refractivity contribution is -0.136. The number of hydrogen-bond donors (Lipinski definition) is 3. The minimum atomic E-state index is -0.870. The highest BCUT2D eigenvalue weighted by molar-refractivity contribution is 7.99. The second kappa shape index (κ2) is 7.19. The molecule has 0 rings (SSSR count). The van der Waals surface area contributed by atoms with Crippen molar-refractivity contribution in [2.45, 2.75) is 12.8 Å². The highest BCUT2D eigenvalue weighted by Gasteiger charge is 2.03. The molecule has 80 valence electrons. The van der Waals surface area contributed by atoms with Gasteiger partial charge in [-0.05, 0) is 0 Å². The van der Waals surface area contributed by atoms with Gasteiger partial charge in [0.05, 0.1) is 6.42 Å². The van der Waals surface area contributed by atoms with Crippen molar-refractivity contribution in [3.8, 4) is 0 Å². The van der Waals surface area contributed by atoms with E-state index in [4.69, 9.17) is 10.8 Å². The van der Waals surface area contributed by atoms with Crippen molar-refractivity contribution < 1.29 is 19.5 Å². The van der Waals surface area contributed by atoms with Gasteiger partial charge in [-0.25, -0.2) is 4.79 Å². The Bertz CT molecular complexity index is 232. The fourth-order valence-corrected chi connectivity index (χ4v) is 1.48. The summed E-state index contributed by atoms with van der Waals surface area (Å²) in [4.78, 5) is 31.1. The maximum absolute atomic E-state index is 10.8. The van der Waals surface area contributed by atoms with Gasteiger partial charge < -0.3 is 10.8 Å². The molecule has 4 N–H and O–H groups in total. The Morgan fingerprint density at radius 2 is 1.79 bits per heavy atom. The van der Waals surface area contributed by atoms with Crippen molar-refractivity contribution in [2.24, 2.45) is 5.73 Å². The highest BCUT2D eigenvalue weighted by Crippen LogP contribution is 2.04. The molecular weight excluding hydrogens is 208 g/mol. The van der Waals surface area contributed by atoms with Crippen LogP contribution >= 0.6 is 11.8 Å². The standard InChI is InChI=1S/C7H12N2O4S/c8-7(13)9-5(10)1-3-14-4-2-6(11)12/h1-4H2,(H,11,12)(H3,8,9,10,13). The molecule has 0 atom stereocenters. The van der Waals surface area contributed by atoms with Crippen molar-refractivity contribution >= 4 is 29.7 Å². The summed E-state index contributed by atoms with van der Waals surface area (Å²) in [5.41, 5.74) is 4.71. The Labute approximate surface area is 85.2 Å². The molecule has 6 nitrogen and oxygen atoms in total. The molecule has 0 aromatic heterocycles. The van der Waals surface area contributed by atoms with Crippen LogP contribution in [-0.2, 0) is 9.59 Å². The predicted molar refractivity (Wildman–Crippen MR) is 51.9 cm³/mol. The monoisotopic (exact) mass is 220 g/mol. The average Bonchev–Trinajstić information content (AvgIpc) is 2.01. The number of carbonyl (C=O) groups excluding carboxylic acids is 2. The third-order valence-corrected chi connectivity index (χ3v) is 2.18. The van der Waals surface area contributed by atoms with E-state index in [1.54, 1.807) is 0 Å². The van der Waals surface area contributed by atoms with Crippen LogP contribution in [0.3, 0.4) is 0 Å². The zero-order chi connectivity index (χ0) is 11.0. The van der Waals surface area contributed by atoms with Crippen LogP contribution in [0.4, 0.5) is 4.79 Å². The molecule has 14 heavy (non-hydrogen) atoms. The van der Waals surface area contributed by atoms with Gasteiger partial charge in [0.1, 0.15) is 0 Å². The lowest BCUT2D eigenvalue weighted by Gasteiger charge is -1.99. The number of urea groups is 1. The average molecular weight is 220 g/mol. The van der Waals surface area contributed by atoms with E-state index in [0.717, 1.165) is 0 Å². The van der Waals surface area contributed by atoms with E-state index in [1.807, 2.05) is 5.32 Å². The van der Waals surface area contributed by atoms with Gasteiger partial charge in [-0.3, -0.25) is 14.9 Å². The molecule has 0 unspecified atom stereocenters. The lowest BCUT2D eigenvalue weighted by Crippen LogP contribution is -2.35. The number of primary amides is 1. The minimum Gasteiger partial charge on any atom is -0.481 e. The molecule has 3 amide bonds. The third kappa shape index (κ3) is 8.85. The first-order chi connectivity index (χ1) is 6.52. The molecule has 0 heterocycles. The summed E-state index contributed by atoms with van der Waals surface area (Å²) in [5.74, 6) is -0.370. The fourth-order valence-electron chi connectivity index (χ4n) is 0.626. The Morgan fingerprint density at radius 1 is 1.21 bits per heavy atom. The van der Waals surface area contributed by atoms with Gasteiger partial charge in [0.25, 0.3) is 0 Å². The van der Waals surface area contributed by atoms with Crippen molar-refractivity contribution in [1.29, 1.82) is 0 Å². The normalized spacial score (nSPS) is 9.43. The Kier molecular flexibility index (Phi) is 6.55. The molecule has 0 saturated heterocycles. The van der Waals surface area contributed by atoms with Crippen LogP contribution in [0.1, 0.15) is 12.8 Å². The molecule has 0 saturated carbocycles. The molecular formula is C7H12N2O4S. The first-order valence-corrected chi connectivity index (χ1v) is 5.06. The second-order valence-electron chi connectivity index (χ2n) is 2.42. The SMILES string of the molecule is NC(=O)NC(=O)CCSCCC(=O)O. The van der Waals surface area contributed by atoms with Gasteiger partial charge in [-0.1, -0.05) is 0 Å². The maximum Gasteiger partial charge on any atom is 0.318 e. The summed E-state index contributed by atoms with van der Waals surface area (Å²) in [5, 5.41) is 10.2. The number of carbonyl (C=O) groups is 3. The molecule has 0 aliphatic heterocycles. The number of amides is 3. The summed E-state index contributed by atoms with van der Waals surface area (Å²) in [7, 11) is 0. The summed E-state index contributed by atoms with van der Waals surface area (Å²) in [6.45, 7) is 0. The van der Waals surface area contributed by atoms with E-state index < -0.39 is 17.9 Å². The highest BCUT2D eigenvalue weighted by atomic mass is 32.2. The smallest absolute Gasteiger partial charge is 0.318 e. The van der Waals surface area contributed by atoms with Gasteiger partial charge in [-0.15, -0.1) is 0 Å². The largest absolute Gasteiger partial charge is 0.481 e. The Balaban J connectivity index is 3.32. The summed E-state index contributed by atoms with van der Waals surface area (Å²) in [6, 6.07) is -0.870. The molecule has 0 fully saturated rings. The van der Waals surface area contributed by atoms with Gasteiger partial charge >= 0.3 is 12.0 Å². The maximum atomic E-state index is 10.8. The molecule has 0 radical (unpaired) electrons. The van der Waals surface area contributed by atoms with Crippen molar-refractivity contribution in [3.63, 3.8) is 0 Å². The van der Waals surface area contributed by atoms with Crippen LogP contribution in [-0.4, -0.2) is 34.5 Å². The minimum absolute atomic E-state index is 0.0715. The Hall–Kier alpha value is -1.24. The number of hydrogen-bond acceptors (Lipinski definition) is 4. The van der Waals surface area contributed by atoms with Crippen molar-refractivity contribution in [3.05, 3.63) is 0 Å². The zero-order valence-corrected chi connectivity index (χ0v) is 8.30. The number of nitrogens with one attached hydrogen (secondary N) is 1. The predicted octanol–water partition coefficient (Wildman–Crippen LogP) is -0.221. The molecule has 0 spiro atoms. The van der Waals surface area contributed by atoms with Gasteiger partial charge in [-0.2, -0.15) is 11.8 Å². The van der Waals surface area contributed by atoms with E-state index in [1.165, 1.54) is 11.8 Å². The number of carboxylic acids is 1. The number of aliphatic carboxylic acids is 1. The lowest BCUT2D eigenvalue weighted by atomic mass is 10.4. The third-order valence-electron chi connectivity index (χ3n) is 1.20. The fraction of sp³-hybridized carbons (Fsp3) is 0.571. The van der Waals surface area contributed by atoms with E-state index >= 15 is 0 Å². The molecule has 0 bridgehead atoms. The van der Waals surface area contributed by atoms with Crippen molar-refractivity contribution in [1.82, 2.24) is 5.32 Å². The molecule has 7 heteroatoms. The van der Waals surface area contributed by atoms with Crippen LogP contribution in [0.2, 0.25) is 0 Å². The number of nitrogens with two attached hydrogens (primary N) is 1. The quantitative estimate of drug-likeness (QED) is 0.536. The van der Waals surface area contributed by atoms with Gasteiger partial charge in [0.15, 0.2) is 0 Å². The zero-order valence-electron chi connectivity index (χ0n) is 7.49. The summed E-state index contributed by atoms with van der Waals surface area (Å²) in [6.07, 6.45) is 0.231. The molecule has 0 aliphatic carbocycles. The number of imide groups is 1. The van der Waals surface area contributed by atoms with Crippen LogP contribution in [0.25, 0.3) is 0 Å². The topological polar surface area (TPSA) is 109 Å².